The van der Waals surface area contributed by atoms with E-state index in [0.717, 1.165) is 23.1 Å². The topological polar surface area (TPSA) is 27.0 Å². The summed E-state index contributed by atoms with van der Waals surface area (Å²) in [6, 6.07) is 16.4. The summed E-state index contributed by atoms with van der Waals surface area (Å²) in [7, 11) is 0. The quantitative estimate of drug-likeness (QED) is 0.795. The molecule has 2 aromatic rings. The predicted molar refractivity (Wildman–Crippen MR) is 76.0 cm³/mol. The zero-order chi connectivity index (χ0) is 12.5. The van der Waals surface area contributed by atoms with E-state index in [1.807, 2.05) is 18.2 Å². The number of hydrogen-bond donors (Lipinski definition) is 0. The minimum atomic E-state index is 0.679. The third kappa shape index (κ3) is 1.79. The first kappa shape index (κ1) is 11.3. The second-order valence-corrected chi connectivity index (χ2v) is 5.16. The molecular weight excluding hydrogens is 288 g/mol. The van der Waals surface area contributed by atoms with E-state index in [1.54, 1.807) is 0 Å². The molecule has 0 aliphatic carbocycles. The van der Waals surface area contributed by atoms with Crippen molar-refractivity contribution in [3.8, 4) is 6.07 Å². The van der Waals surface area contributed by atoms with Crippen LogP contribution in [0.3, 0.4) is 0 Å². The minimum absolute atomic E-state index is 0.679. The first-order valence-corrected chi connectivity index (χ1v) is 6.64. The molecular formula is C15H11BrN2. The molecule has 0 saturated heterocycles. The summed E-state index contributed by atoms with van der Waals surface area (Å²) in [6.07, 6.45) is 1.07. The lowest BCUT2D eigenvalue weighted by Gasteiger charge is -2.21. The number of anilines is 2. The van der Waals surface area contributed by atoms with Gasteiger partial charge in [-0.25, -0.2) is 0 Å². The van der Waals surface area contributed by atoms with Crippen LogP contribution >= 0.6 is 15.9 Å². The molecule has 3 rings (SSSR count). The zero-order valence-electron chi connectivity index (χ0n) is 9.73. The molecule has 0 N–H and O–H groups in total. The lowest BCUT2D eigenvalue weighted by atomic mass is 10.1. The molecule has 1 aliphatic rings. The van der Waals surface area contributed by atoms with Crippen molar-refractivity contribution in [2.24, 2.45) is 0 Å². The van der Waals surface area contributed by atoms with Crippen molar-refractivity contribution >= 4 is 27.3 Å². The van der Waals surface area contributed by atoms with Crippen LogP contribution in [-0.4, -0.2) is 6.54 Å². The van der Waals surface area contributed by atoms with Crippen molar-refractivity contribution in [3.63, 3.8) is 0 Å². The minimum Gasteiger partial charge on any atom is -0.340 e. The lowest BCUT2D eigenvalue weighted by Crippen LogP contribution is -2.13. The Kier molecular flexibility index (Phi) is 2.81. The number of rotatable bonds is 1. The van der Waals surface area contributed by atoms with Gasteiger partial charge >= 0.3 is 0 Å². The highest BCUT2D eigenvalue weighted by atomic mass is 79.9. The number of nitrogens with zero attached hydrogens (tertiary/aromatic N) is 2. The van der Waals surface area contributed by atoms with E-state index in [-0.39, 0.29) is 0 Å². The predicted octanol–water partition coefficient (Wildman–Crippen LogP) is 4.01. The van der Waals surface area contributed by atoms with E-state index >= 15 is 0 Å². The van der Waals surface area contributed by atoms with Crippen LogP contribution < -0.4 is 4.90 Å². The van der Waals surface area contributed by atoms with Crippen LogP contribution in [0.25, 0.3) is 0 Å². The van der Waals surface area contributed by atoms with Crippen LogP contribution in [-0.2, 0) is 6.42 Å². The standard InChI is InChI=1S/C15H11BrN2/c16-13-9-11(10-17)5-6-15(13)18-8-7-12-3-1-2-4-14(12)18/h1-6,9H,7-8H2. The van der Waals surface area contributed by atoms with Gasteiger partial charge in [-0.3, -0.25) is 0 Å². The van der Waals surface area contributed by atoms with Crippen molar-refractivity contribution in [1.29, 1.82) is 5.26 Å². The highest BCUT2D eigenvalue weighted by Crippen LogP contribution is 2.38. The van der Waals surface area contributed by atoms with Crippen LogP contribution in [0.4, 0.5) is 11.4 Å². The summed E-state index contributed by atoms with van der Waals surface area (Å²) in [5.41, 5.74) is 4.45. The Hall–Kier alpha value is -1.79. The van der Waals surface area contributed by atoms with E-state index in [9.17, 15) is 0 Å². The summed E-state index contributed by atoms with van der Waals surface area (Å²) in [4.78, 5) is 2.29. The number of fused-ring (bicyclic) bond motifs is 1. The fourth-order valence-corrected chi connectivity index (χ4v) is 2.98. The fraction of sp³-hybridized carbons (Fsp3) is 0.133. The Morgan fingerprint density at radius 1 is 1.11 bits per heavy atom. The monoisotopic (exact) mass is 298 g/mol. The average Bonchev–Trinajstić information content (AvgIpc) is 2.82. The molecule has 0 bridgehead atoms. The Bertz CT molecular complexity index is 643. The lowest BCUT2D eigenvalue weighted by molar-refractivity contribution is 0.995. The van der Waals surface area contributed by atoms with Gasteiger partial charge < -0.3 is 4.90 Å². The van der Waals surface area contributed by atoms with Crippen LogP contribution in [0.2, 0.25) is 0 Å². The summed E-state index contributed by atoms with van der Waals surface area (Å²) in [5, 5.41) is 8.89. The SMILES string of the molecule is N#Cc1ccc(N2CCc3ccccc32)c(Br)c1. The molecule has 0 atom stereocenters. The number of halogens is 1. The van der Waals surface area contributed by atoms with E-state index in [0.29, 0.717) is 5.56 Å². The molecule has 0 radical (unpaired) electrons. The van der Waals surface area contributed by atoms with Crippen LogP contribution in [0.5, 0.6) is 0 Å². The van der Waals surface area contributed by atoms with Crippen molar-refractivity contribution in [3.05, 3.63) is 58.1 Å². The summed E-state index contributed by atoms with van der Waals surface area (Å²) in [5.74, 6) is 0. The van der Waals surface area contributed by atoms with Crippen molar-refractivity contribution < 1.29 is 0 Å². The van der Waals surface area contributed by atoms with Crippen molar-refractivity contribution in [2.75, 3.05) is 11.4 Å². The molecule has 2 aromatic carbocycles. The molecule has 18 heavy (non-hydrogen) atoms. The van der Waals surface area contributed by atoms with E-state index in [2.05, 4.69) is 51.2 Å². The Balaban J connectivity index is 2.05. The molecule has 2 nitrogen and oxygen atoms in total. The van der Waals surface area contributed by atoms with Crippen LogP contribution in [0, 0.1) is 11.3 Å². The molecule has 0 aromatic heterocycles. The maximum absolute atomic E-state index is 8.89. The van der Waals surface area contributed by atoms with Crippen LogP contribution in [0.15, 0.2) is 46.9 Å². The maximum atomic E-state index is 8.89. The summed E-state index contributed by atoms with van der Waals surface area (Å²) >= 11 is 3.56. The number of hydrogen-bond acceptors (Lipinski definition) is 2. The van der Waals surface area contributed by atoms with Gasteiger partial charge in [-0.2, -0.15) is 5.26 Å². The average molecular weight is 299 g/mol. The molecule has 0 spiro atoms. The molecule has 1 heterocycles. The fourth-order valence-electron chi connectivity index (χ4n) is 2.38. The van der Waals surface area contributed by atoms with Gasteiger partial charge in [-0.1, -0.05) is 18.2 Å². The third-order valence-electron chi connectivity index (χ3n) is 3.25. The number of benzene rings is 2. The first-order valence-electron chi connectivity index (χ1n) is 5.84. The maximum Gasteiger partial charge on any atom is 0.0992 e. The molecule has 3 heteroatoms. The van der Waals surface area contributed by atoms with Crippen molar-refractivity contribution in [1.82, 2.24) is 0 Å². The van der Waals surface area contributed by atoms with Gasteiger partial charge in [-0.05, 0) is 52.2 Å². The van der Waals surface area contributed by atoms with Crippen LogP contribution in [0.1, 0.15) is 11.1 Å². The highest BCUT2D eigenvalue weighted by Gasteiger charge is 2.21. The van der Waals surface area contributed by atoms with Gasteiger partial charge in [-0.15, -0.1) is 0 Å². The third-order valence-corrected chi connectivity index (χ3v) is 3.89. The summed E-state index contributed by atoms with van der Waals surface area (Å²) < 4.78 is 0.971. The Labute approximate surface area is 115 Å². The molecule has 0 unspecified atom stereocenters. The second-order valence-electron chi connectivity index (χ2n) is 4.31. The van der Waals surface area contributed by atoms with Gasteiger partial charge in [0.05, 0.1) is 17.3 Å². The molecule has 0 amide bonds. The van der Waals surface area contributed by atoms with Gasteiger partial charge in [0.15, 0.2) is 0 Å². The van der Waals surface area contributed by atoms with Crippen molar-refractivity contribution in [2.45, 2.75) is 6.42 Å². The Morgan fingerprint density at radius 3 is 2.72 bits per heavy atom. The van der Waals surface area contributed by atoms with E-state index in [4.69, 9.17) is 5.26 Å². The molecule has 1 aliphatic heterocycles. The highest BCUT2D eigenvalue weighted by molar-refractivity contribution is 9.10. The molecule has 88 valence electrons. The normalized spacial score (nSPS) is 13.2. The summed E-state index contributed by atoms with van der Waals surface area (Å²) in [6.45, 7) is 0.990. The first-order chi connectivity index (χ1) is 8.79. The van der Waals surface area contributed by atoms with E-state index < -0.39 is 0 Å². The smallest absolute Gasteiger partial charge is 0.0992 e. The molecule has 0 fully saturated rings. The second kappa shape index (κ2) is 4.47. The number of nitriles is 1. The Morgan fingerprint density at radius 2 is 1.94 bits per heavy atom. The van der Waals surface area contributed by atoms with Gasteiger partial charge in [0.2, 0.25) is 0 Å². The van der Waals surface area contributed by atoms with Gasteiger partial charge in [0.1, 0.15) is 0 Å². The van der Waals surface area contributed by atoms with Gasteiger partial charge in [0, 0.05) is 16.7 Å². The molecule has 0 saturated carbocycles. The number of para-hydroxylation sites is 1. The van der Waals surface area contributed by atoms with Gasteiger partial charge in [0.25, 0.3) is 0 Å². The zero-order valence-corrected chi connectivity index (χ0v) is 11.3. The van der Waals surface area contributed by atoms with E-state index in [1.165, 1.54) is 11.3 Å². The largest absolute Gasteiger partial charge is 0.340 e.